The first-order valence-corrected chi connectivity index (χ1v) is 9.33. The van der Waals surface area contributed by atoms with Gasteiger partial charge in [0.2, 0.25) is 0 Å². The van der Waals surface area contributed by atoms with Gasteiger partial charge in [-0.05, 0) is 29.3 Å². The van der Waals surface area contributed by atoms with Crippen LogP contribution in [0.4, 0.5) is 8.78 Å². The maximum absolute atomic E-state index is 13.1. The summed E-state index contributed by atoms with van der Waals surface area (Å²) in [5, 5.41) is 4.93. The van der Waals surface area contributed by atoms with Crippen LogP contribution in [0.25, 0.3) is 10.8 Å². The first-order valence-electron chi connectivity index (χ1n) is 9.33. The van der Waals surface area contributed by atoms with Crippen LogP contribution >= 0.6 is 0 Å². The monoisotopic (exact) mass is 375 g/mol. The summed E-state index contributed by atoms with van der Waals surface area (Å²) in [7, 11) is 0. The van der Waals surface area contributed by atoms with Crippen LogP contribution in [0.1, 0.15) is 16.8 Å². The summed E-state index contributed by atoms with van der Waals surface area (Å²) in [5.74, 6) is -0.298. The van der Waals surface area contributed by atoms with Crippen LogP contribution < -0.4 is 10.1 Å². The molecule has 144 valence electrons. The Morgan fingerprint density at radius 1 is 1.11 bits per heavy atom. The van der Waals surface area contributed by atoms with Gasteiger partial charge in [0, 0.05) is 45.3 Å². The number of alkyl halides is 2. The highest BCUT2D eigenvalue weighted by atomic mass is 19.3. The molecule has 4 rings (SSSR count). The van der Waals surface area contributed by atoms with Crippen LogP contribution in [0.3, 0.4) is 0 Å². The number of nitrogens with zero attached hydrogens (tertiary/aromatic N) is 2. The van der Waals surface area contributed by atoms with Gasteiger partial charge in [0.05, 0.1) is 5.56 Å². The Kier molecular flexibility index (Phi) is 5.22. The summed E-state index contributed by atoms with van der Waals surface area (Å²) in [6.07, 6.45) is 0.907. The first kappa shape index (κ1) is 18.1. The lowest BCUT2D eigenvalue weighted by molar-refractivity contribution is -0.0501. The summed E-state index contributed by atoms with van der Waals surface area (Å²) in [5.41, 5.74) is 0.204. The molecule has 7 heteroatoms. The number of piperazine rings is 1. The summed E-state index contributed by atoms with van der Waals surface area (Å²) < 4.78 is 30.5. The van der Waals surface area contributed by atoms with Gasteiger partial charge in [-0.25, -0.2) is 0 Å². The molecule has 1 atom stereocenters. The standard InChI is InChI=1S/C20H23F2N3O2/c21-20(22)27-18-12-15-4-2-1-3-14(15)11-17(18)19(26)25-8-5-16(13-25)24-9-6-23-7-10-24/h1-4,11-12,16,20,23H,5-10,13H2. The van der Waals surface area contributed by atoms with E-state index in [1.54, 1.807) is 11.0 Å². The fourth-order valence-corrected chi connectivity index (χ4v) is 4.02. The van der Waals surface area contributed by atoms with Gasteiger partial charge in [-0.15, -0.1) is 0 Å². The molecule has 2 fully saturated rings. The average molecular weight is 375 g/mol. The van der Waals surface area contributed by atoms with Gasteiger partial charge in [-0.3, -0.25) is 9.69 Å². The van der Waals surface area contributed by atoms with Crippen LogP contribution in [0, 0.1) is 0 Å². The molecule has 2 aromatic carbocycles. The van der Waals surface area contributed by atoms with Gasteiger partial charge in [-0.2, -0.15) is 8.78 Å². The number of benzene rings is 2. The number of hydrogen-bond acceptors (Lipinski definition) is 4. The molecule has 2 aliphatic rings. The second kappa shape index (κ2) is 7.78. The molecular weight excluding hydrogens is 352 g/mol. The van der Waals surface area contributed by atoms with Crippen molar-refractivity contribution in [3.63, 3.8) is 0 Å². The zero-order valence-corrected chi connectivity index (χ0v) is 15.0. The van der Waals surface area contributed by atoms with E-state index in [4.69, 9.17) is 0 Å². The highest BCUT2D eigenvalue weighted by Crippen LogP contribution is 2.30. The van der Waals surface area contributed by atoms with E-state index in [0.29, 0.717) is 19.1 Å². The minimum absolute atomic E-state index is 0.0562. The van der Waals surface area contributed by atoms with Crippen molar-refractivity contribution in [1.82, 2.24) is 15.1 Å². The normalized spacial score (nSPS) is 21.1. The number of likely N-dealkylation sites (tertiary alicyclic amines) is 1. The van der Waals surface area contributed by atoms with Crippen molar-refractivity contribution in [2.45, 2.75) is 19.1 Å². The second-order valence-corrected chi connectivity index (χ2v) is 7.05. The fraction of sp³-hybridized carbons (Fsp3) is 0.450. The third-order valence-electron chi connectivity index (χ3n) is 5.41. The SMILES string of the molecule is O=C(c1cc2ccccc2cc1OC(F)F)N1CCC(N2CCNCC2)C1. The van der Waals surface area contributed by atoms with Crippen LogP contribution in [0.2, 0.25) is 0 Å². The summed E-state index contributed by atoms with van der Waals surface area (Å²) in [4.78, 5) is 17.3. The van der Waals surface area contributed by atoms with Crippen molar-refractivity contribution in [2.75, 3.05) is 39.3 Å². The molecule has 0 bridgehead atoms. The number of carbonyl (C=O) groups is 1. The zero-order valence-electron chi connectivity index (χ0n) is 15.0. The van der Waals surface area contributed by atoms with Crippen molar-refractivity contribution < 1.29 is 18.3 Å². The van der Waals surface area contributed by atoms with E-state index in [9.17, 15) is 13.6 Å². The van der Waals surface area contributed by atoms with E-state index < -0.39 is 6.61 Å². The number of hydrogen-bond donors (Lipinski definition) is 1. The van der Waals surface area contributed by atoms with E-state index in [-0.39, 0.29) is 17.2 Å². The lowest BCUT2D eigenvalue weighted by atomic mass is 10.0. The third kappa shape index (κ3) is 3.89. The molecule has 27 heavy (non-hydrogen) atoms. The Hall–Kier alpha value is -2.25. The van der Waals surface area contributed by atoms with Crippen molar-refractivity contribution in [3.8, 4) is 5.75 Å². The van der Waals surface area contributed by atoms with Crippen molar-refractivity contribution >= 4 is 16.7 Å². The highest BCUT2D eigenvalue weighted by molar-refractivity contribution is 6.01. The molecule has 2 saturated heterocycles. The van der Waals surface area contributed by atoms with E-state index in [1.165, 1.54) is 6.07 Å². The van der Waals surface area contributed by atoms with E-state index in [0.717, 1.165) is 43.4 Å². The molecule has 0 aliphatic carbocycles. The molecule has 1 N–H and O–H groups in total. The molecule has 0 saturated carbocycles. The molecule has 1 amide bonds. The summed E-state index contributed by atoms with van der Waals surface area (Å²) in [6.45, 7) is 2.16. The van der Waals surface area contributed by atoms with E-state index in [2.05, 4.69) is 15.0 Å². The number of halogens is 2. The topological polar surface area (TPSA) is 44.8 Å². The smallest absolute Gasteiger partial charge is 0.387 e. The second-order valence-electron chi connectivity index (χ2n) is 7.05. The maximum Gasteiger partial charge on any atom is 0.387 e. The average Bonchev–Trinajstić information content (AvgIpc) is 3.17. The molecular formula is C20H23F2N3O2. The Labute approximate surface area is 156 Å². The van der Waals surface area contributed by atoms with Crippen LogP contribution in [0.15, 0.2) is 36.4 Å². The quantitative estimate of drug-likeness (QED) is 0.892. The number of nitrogens with one attached hydrogen (secondary N) is 1. The third-order valence-corrected chi connectivity index (χ3v) is 5.41. The van der Waals surface area contributed by atoms with Crippen LogP contribution in [0.5, 0.6) is 5.75 Å². The molecule has 2 aliphatic heterocycles. The van der Waals surface area contributed by atoms with E-state index in [1.807, 2.05) is 24.3 Å². The minimum atomic E-state index is -2.97. The zero-order chi connectivity index (χ0) is 18.8. The lowest BCUT2D eigenvalue weighted by Gasteiger charge is -2.32. The largest absolute Gasteiger partial charge is 0.434 e. The molecule has 0 spiro atoms. The molecule has 2 heterocycles. The van der Waals surface area contributed by atoms with Crippen molar-refractivity contribution in [3.05, 3.63) is 42.0 Å². The van der Waals surface area contributed by atoms with Gasteiger partial charge in [-0.1, -0.05) is 24.3 Å². The Balaban J connectivity index is 1.58. The van der Waals surface area contributed by atoms with Crippen molar-refractivity contribution in [2.24, 2.45) is 0 Å². The first-order chi connectivity index (χ1) is 13.1. The van der Waals surface area contributed by atoms with Gasteiger partial charge in [0.15, 0.2) is 0 Å². The molecule has 2 aromatic rings. The van der Waals surface area contributed by atoms with Gasteiger partial charge >= 0.3 is 6.61 Å². The number of fused-ring (bicyclic) bond motifs is 1. The fourth-order valence-electron chi connectivity index (χ4n) is 4.02. The number of carbonyl (C=O) groups excluding carboxylic acids is 1. The van der Waals surface area contributed by atoms with E-state index >= 15 is 0 Å². The Morgan fingerprint density at radius 3 is 2.52 bits per heavy atom. The highest BCUT2D eigenvalue weighted by Gasteiger charge is 2.32. The number of rotatable bonds is 4. The Bertz CT molecular complexity index is 824. The predicted molar refractivity (Wildman–Crippen MR) is 99.3 cm³/mol. The number of ether oxygens (including phenoxy) is 1. The molecule has 5 nitrogen and oxygen atoms in total. The predicted octanol–water partition coefficient (Wildman–Crippen LogP) is 2.56. The summed E-state index contributed by atoms with van der Waals surface area (Å²) in [6, 6.07) is 10.9. The maximum atomic E-state index is 13.1. The number of amides is 1. The molecule has 0 radical (unpaired) electrons. The van der Waals surface area contributed by atoms with Crippen molar-refractivity contribution in [1.29, 1.82) is 0 Å². The lowest BCUT2D eigenvalue weighted by Crippen LogP contribution is -2.49. The van der Waals surface area contributed by atoms with Gasteiger partial charge < -0.3 is 15.0 Å². The minimum Gasteiger partial charge on any atom is -0.434 e. The molecule has 1 unspecified atom stereocenters. The summed E-state index contributed by atoms with van der Waals surface area (Å²) >= 11 is 0. The van der Waals surface area contributed by atoms with Crippen LogP contribution in [-0.4, -0.2) is 67.6 Å². The molecule has 0 aromatic heterocycles. The van der Waals surface area contributed by atoms with Gasteiger partial charge in [0.25, 0.3) is 5.91 Å². The van der Waals surface area contributed by atoms with Gasteiger partial charge in [0.1, 0.15) is 5.75 Å². The Morgan fingerprint density at radius 2 is 1.81 bits per heavy atom. The van der Waals surface area contributed by atoms with Crippen LogP contribution in [-0.2, 0) is 0 Å².